The molecule has 3 aromatic rings. The largest absolute Gasteiger partial charge is 0.454 e. The van der Waals surface area contributed by atoms with Crippen LogP contribution in [0.1, 0.15) is 21.7 Å². The highest BCUT2D eigenvalue weighted by Crippen LogP contribution is 2.17. The van der Waals surface area contributed by atoms with Gasteiger partial charge in [0.2, 0.25) is 0 Å². The van der Waals surface area contributed by atoms with Gasteiger partial charge in [0.1, 0.15) is 12.4 Å². The van der Waals surface area contributed by atoms with E-state index in [1.807, 2.05) is 35.0 Å². The van der Waals surface area contributed by atoms with Crippen molar-refractivity contribution < 1.29 is 9.53 Å². The second kappa shape index (κ2) is 7.51. The number of carbonyl (C=O) groups is 1. The quantitative estimate of drug-likeness (QED) is 0.624. The molecule has 3 rings (SSSR count). The Labute approximate surface area is 149 Å². The molecule has 4 nitrogen and oxygen atoms in total. The number of nitrogens with zero attached hydrogens (tertiary/aromatic N) is 2. The van der Waals surface area contributed by atoms with Crippen molar-refractivity contribution in [2.75, 3.05) is 0 Å². The number of carbonyl (C=O) groups excluding carboxylic acids is 1. The molecule has 0 radical (unpaired) electrons. The van der Waals surface area contributed by atoms with E-state index in [9.17, 15) is 4.79 Å². The van der Waals surface area contributed by atoms with Crippen LogP contribution in [-0.2, 0) is 17.9 Å². The highest BCUT2D eigenvalue weighted by Gasteiger charge is 2.13. The minimum atomic E-state index is -0.471. The monoisotopic (exact) mass is 360 g/mol. The number of hydrogen-bond donors (Lipinski definition) is 0. The molecule has 24 heavy (non-hydrogen) atoms. The fourth-order valence-corrected chi connectivity index (χ4v) is 2.58. The Morgan fingerprint density at radius 2 is 1.83 bits per heavy atom. The van der Waals surface area contributed by atoms with Gasteiger partial charge in [-0.25, -0.2) is 9.78 Å². The Hall–Kier alpha value is -2.30. The van der Waals surface area contributed by atoms with E-state index in [-0.39, 0.29) is 6.61 Å². The van der Waals surface area contributed by atoms with E-state index in [1.165, 1.54) is 0 Å². The maximum absolute atomic E-state index is 12.1. The van der Waals surface area contributed by atoms with E-state index in [0.29, 0.717) is 28.0 Å². The van der Waals surface area contributed by atoms with Crippen molar-refractivity contribution in [2.45, 2.75) is 13.2 Å². The smallest absolute Gasteiger partial charge is 0.340 e. The third kappa shape index (κ3) is 3.96. The second-order valence-corrected chi connectivity index (χ2v) is 6.00. The average Bonchev–Trinajstić information content (AvgIpc) is 3.02. The molecule has 0 saturated heterocycles. The molecule has 6 heteroatoms. The molecule has 0 aliphatic rings. The number of rotatable bonds is 5. The molecule has 1 heterocycles. The number of aromatic nitrogens is 2. The Kier molecular flexibility index (Phi) is 5.18. The van der Waals surface area contributed by atoms with Gasteiger partial charge < -0.3 is 9.30 Å². The van der Waals surface area contributed by atoms with E-state index in [1.54, 1.807) is 30.5 Å². The predicted octanol–water partition coefficient (Wildman–Crippen LogP) is 4.60. The Morgan fingerprint density at radius 3 is 2.58 bits per heavy atom. The topological polar surface area (TPSA) is 44.1 Å². The molecule has 0 aliphatic carbocycles. The first-order chi connectivity index (χ1) is 11.6. The lowest BCUT2D eigenvalue weighted by molar-refractivity contribution is 0.0459. The number of ether oxygens (including phenoxy) is 1. The van der Waals surface area contributed by atoms with Gasteiger partial charge in [-0.3, -0.25) is 0 Å². The third-order valence-corrected chi connectivity index (χ3v) is 4.08. The first-order valence-corrected chi connectivity index (χ1v) is 8.05. The minimum absolute atomic E-state index is 0.0741. The summed E-state index contributed by atoms with van der Waals surface area (Å²) >= 11 is 11.9. The van der Waals surface area contributed by atoms with Crippen molar-refractivity contribution in [1.82, 2.24) is 9.55 Å². The number of imidazole rings is 1. The van der Waals surface area contributed by atoms with E-state index in [4.69, 9.17) is 27.9 Å². The lowest BCUT2D eigenvalue weighted by Gasteiger charge is -2.09. The zero-order chi connectivity index (χ0) is 16.9. The van der Waals surface area contributed by atoms with Crippen LogP contribution in [-0.4, -0.2) is 15.5 Å². The fourth-order valence-electron chi connectivity index (χ4n) is 2.25. The Balaban J connectivity index is 1.66. The van der Waals surface area contributed by atoms with Crippen LogP contribution in [0, 0.1) is 0 Å². The summed E-state index contributed by atoms with van der Waals surface area (Å²) in [5.41, 5.74) is 1.42. The zero-order valence-corrected chi connectivity index (χ0v) is 14.2. The standard InChI is InChI=1S/C18H14Cl2N2O2/c19-14-7-5-13(6-8-14)11-22-10-9-21-17(22)12-24-18(23)15-3-1-2-4-16(15)20/h1-10H,11-12H2. The molecule has 0 saturated carbocycles. The zero-order valence-electron chi connectivity index (χ0n) is 12.7. The van der Waals surface area contributed by atoms with Gasteiger partial charge in [-0.15, -0.1) is 0 Å². The summed E-state index contributed by atoms with van der Waals surface area (Å²) in [4.78, 5) is 16.4. The SMILES string of the molecule is O=C(OCc1nccn1Cc1ccc(Cl)cc1)c1ccccc1Cl. The molecule has 0 fully saturated rings. The van der Waals surface area contributed by atoms with Crippen molar-refractivity contribution in [3.05, 3.63) is 87.9 Å². The van der Waals surface area contributed by atoms with Crippen molar-refractivity contribution >= 4 is 29.2 Å². The molecular weight excluding hydrogens is 347 g/mol. The summed E-state index contributed by atoms with van der Waals surface area (Å²) in [7, 11) is 0. The lowest BCUT2D eigenvalue weighted by Crippen LogP contribution is -2.10. The maximum atomic E-state index is 12.1. The van der Waals surface area contributed by atoms with Gasteiger partial charge in [-0.2, -0.15) is 0 Å². The van der Waals surface area contributed by atoms with Gasteiger partial charge in [-0.05, 0) is 29.8 Å². The van der Waals surface area contributed by atoms with Crippen LogP contribution in [0.4, 0.5) is 0 Å². The van der Waals surface area contributed by atoms with Gasteiger partial charge in [0, 0.05) is 24.0 Å². The van der Waals surface area contributed by atoms with Crippen LogP contribution in [0.2, 0.25) is 10.0 Å². The molecule has 0 unspecified atom stereocenters. The van der Waals surface area contributed by atoms with E-state index in [0.717, 1.165) is 5.56 Å². The summed E-state index contributed by atoms with van der Waals surface area (Å²) in [5.74, 6) is 0.187. The minimum Gasteiger partial charge on any atom is -0.454 e. The van der Waals surface area contributed by atoms with Crippen LogP contribution < -0.4 is 0 Å². The van der Waals surface area contributed by atoms with Crippen LogP contribution in [0.3, 0.4) is 0 Å². The van der Waals surface area contributed by atoms with Gasteiger partial charge in [0.15, 0.2) is 0 Å². The molecule has 0 N–H and O–H groups in total. The van der Waals surface area contributed by atoms with Crippen molar-refractivity contribution in [3.8, 4) is 0 Å². The molecule has 122 valence electrons. The summed E-state index contributed by atoms with van der Waals surface area (Å²) < 4.78 is 7.24. The van der Waals surface area contributed by atoms with Crippen molar-refractivity contribution in [2.24, 2.45) is 0 Å². The molecule has 2 aromatic carbocycles. The molecule has 0 amide bonds. The first kappa shape index (κ1) is 16.6. The highest BCUT2D eigenvalue weighted by atomic mass is 35.5. The number of hydrogen-bond acceptors (Lipinski definition) is 3. The van der Waals surface area contributed by atoms with E-state index >= 15 is 0 Å². The normalized spacial score (nSPS) is 10.6. The summed E-state index contributed by atoms with van der Waals surface area (Å²) in [6, 6.07) is 14.4. The average molecular weight is 361 g/mol. The highest BCUT2D eigenvalue weighted by molar-refractivity contribution is 6.33. The molecule has 0 bridgehead atoms. The number of halogens is 2. The molecule has 0 atom stereocenters. The first-order valence-electron chi connectivity index (χ1n) is 7.29. The Morgan fingerprint density at radius 1 is 1.08 bits per heavy atom. The van der Waals surface area contributed by atoms with E-state index in [2.05, 4.69) is 4.98 Å². The van der Waals surface area contributed by atoms with Gasteiger partial charge in [0.05, 0.1) is 10.6 Å². The Bertz CT molecular complexity index is 844. The molecule has 1 aromatic heterocycles. The van der Waals surface area contributed by atoms with Crippen LogP contribution in [0.5, 0.6) is 0 Å². The van der Waals surface area contributed by atoms with E-state index < -0.39 is 5.97 Å². The summed E-state index contributed by atoms with van der Waals surface area (Å²) in [6.45, 7) is 0.695. The maximum Gasteiger partial charge on any atom is 0.340 e. The van der Waals surface area contributed by atoms with Gasteiger partial charge in [-0.1, -0.05) is 47.5 Å². The van der Waals surface area contributed by atoms with Crippen LogP contribution >= 0.6 is 23.2 Å². The van der Waals surface area contributed by atoms with Gasteiger partial charge in [0.25, 0.3) is 0 Å². The fraction of sp³-hybridized carbons (Fsp3) is 0.111. The second-order valence-electron chi connectivity index (χ2n) is 5.15. The third-order valence-electron chi connectivity index (χ3n) is 3.49. The number of benzene rings is 2. The molecular formula is C18H14Cl2N2O2. The summed E-state index contributed by atoms with van der Waals surface area (Å²) in [5, 5.41) is 1.06. The number of esters is 1. The van der Waals surface area contributed by atoms with Crippen LogP contribution in [0.15, 0.2) is 60.9 Å². The molecule has 0 spiro atoms. The lowest BCUT2D eigenvalue weighted by atomic mass is 10.2. The van der Waals surface area contributed by atoms with Crippen molar-refractivity contribution in [3.63, 3.8) is 0 Å². The molecule has 0 aliphatic heterocycles. The summed E-state index contributed by atoms with van der Waals surface area (Å²) in [6.07, 6.45) is 3.52. The van der Waals surface area contributed by atoms with Crippen LogP contribution in [0.25, 0.3) is 0 Å². The predicted molar refractivity (Wildman–Crippen MR) is 93.4 cm³/mol. The van der Waals surface area contributed by atoms with Gasteiger partial charge >= 0.3 is 5.97 Å². The van der Waals surface area contributed by atoms with Crippen molar-refractivity contribution in [1.29, 1.82) is 0 Å².